The fraction of sp³-hybridized carbons (Fsp3) is 0.440. The summed E-state index contributed by atoms with van der Waals surface area (Å²) in [5.74, 6) is 1.33. The summed E-state index contributed by atoms with van der Waals surface area (Å²) in [5.41, 5.74) is 1.45. The fourth-order valence-electron chi connectivity index (χ4n) is 3.54. The minimum Gasteiger partial charge on any atom is -0.494 e. The summed E-state index contributed by atoms with van der Waals surface area (Å²) in [5, 5.41) is 6.04. The van der Waals surface area contributed by atoms with Gasteiger partial charge in [0.25, 0.3) is 5.91 Å². The molecule has 0 bridgehead atoms. The molecule has 1 aliphatic heterocycles. The van der Waals surface area contributed by atoms with Crippen LogP contribution in [-0.4, -0.2) is 49.0 Å². The van der Waals surface area contributed by atoms with E-state index < -0.39 is 0 Å². The highest BCUT2D eigenvalue weighted by Gasteiger charge is 2.22. The molecule has 0 spiro atoms. The standard InChI is InChI=1S/C25H33N3O3/c1-19(2)14-17-31-23-10-8-20(9-11-23)25(30)27-22-12-15-28(16-13-22)18-24(29)26-21-6-4-3-5-7-21/h3-11,19,22H,12-18H2,1-2H3,(H,26,29)(H,27,30). The molecule has 2 amide bonds. The molecule has 6 heteroatoms. The summed E-state index contributed by atoms with van der Waals surface area (Å²) >= 11 is 0. The topological polar surface area (TPSA) is 70.7 Å². The maximum absolute atomic E-state index is 12.6. The number of nitrogens with zero attached hydrogens (tertiary/aromatic N) is 1. The SMILES string of the molecule is CC(C)CCOc1ccc(C(=O)NC2CCN(CC(=O)Nc3ccccc3)CC2)cc1. The Balaban J connectivity index is 1.38. The van der Waals surface area contributed by atoms with Gasteiger partial charge in [0.05, 0.1) is 13.2 Å². The van der Waals surface area contributed by atoms with Crippen LogP contribution in [0.4, 0.5) is 5.69 Å². The molecule has 6 nitrogen and oxygen atoms in total. The normalized spacial score (nSPS) is 14.9. The van der Waals surface area contributed by atoms with Crippen LogP contribution in [0, 0.1) is 5.92 Å². The van der Waals surface area contributed by atoms with Gasteiger partial charge < -0.3 is 15.4 Å². The van der Waals surface area contributed by atoms with Crippen LogP contribution < -0.4 is 15.4 Å². The molecule has 0 aliphatic carbocycles. The first kappa shape index (κ1) is 22.8. The number of para-hydroxylation sites is 1. The van der Waals surface area contributed by atoms with Gasteiger partial charge in [-0.2, -0.15) is 0 Å². The Morgan fingerprint density at radius 1 is 1.03 bits per heavy atom. The molecule has 166 valence electrons. The van der Waals surface area contributed by atoms with Crippen LogP contribution in [0.25, 0.3) is 0 Å². The molecule has 31 heavy (non-hydrogen) atoms. The maximum atomic E-state index is 12.6. The number of anilines is 1. The molecule has 1 saturated heterocycles. The van der Waals surface area contributed by atoms with E-state index >= 15 is 0 Å². The number of piperidine rings is 1. The van der Waals surface area contributed by atoms with Crippen molar-refractivity contribution in [2.24, 2.45) is 5.92 Å². The molecular weight excluding hydrogens is 390 g/mol. The van der Waals surface area contributed by atoms with E-state index in [4.69, 9.17) is 4.74 Å². The minimum atomic E-state index is -0.0611. The lowest BCUT2D eigenvalue weighted by Crippen LogP contribution is -2.46. The number of ether oxygens (including phenoxy) is 1. The third kappa shape index (κ3) is 7.72. The molecule has 2 aromatic carbocycles. The van der Waals surface area contributed by atoms with E-state index in [-0.39, 0.29) is 17.9 Å². The molecule has 0 aromatic heterocycles. The van der Waals surface area contributed by atoms with Gasteiger partial charge in [0.1, 0.15) is 5.75 Å². The summed E-state index contributed by atoms with van der Waals surface area (Å²) in [6.07, 6.45) is 2.68. The van der Waals surface area contributed by atoms with Crippen molar-refractivity contribution in [1.29, 1.82) is 0 Å². The molecule has 0 saturated carbocycles. The van der Waals surface area contributed by atoms with Gasteiger partial charge >= 0.3 is 0 Å². The van der Waals surface area contributed by atoms with Crippen molar-refractivity contribution < 1.29 is 14.3 Å². The van der Waals surface area contributed by atoms with Crippen LogP contribution in [0.5, 0.6) is 5.75 Å². The van der Waals surface area contributed by atoms with E-state index in [1.807, 2.05) is 54.6 Å². The lowest BCUT2D eigenvalue weighted by Gasteiger charge is -2.31. The quantitative estimate of drug-likeness (QED) is 0.641. The highest BCUT2D eigenvalue weighted by atomic mass is 16.5. The monoisotopic (exact) mass is 423 g/mol. The predicted octanol–water partition coefficient (Wildman–Crippen LogP) is 3.94. The largest absolute Gasteiger partial charge is 0.494 e. The average molecular weight is 424 g/mol. The van der Waals surface area contributed by atoms with Crippen LogP contribution in [0.15, 0.2) is 54.6 Å². The Morgan fingerprint density at radius 2 is 1.71 bits per heavy atom. The van der Waals surface area contributed by atoms with Crippen LogP contribution in [0.2, 0.25) is 0 Å². The third-order valence-corrected chi connectivity index (χ3v) is 5.43. The number of carbonyl (C=O) groups excluding carboxylic acids is 2. The first-order valence-corrected chi connectivity index (χ1v) is 11.1. The Labute approximate surface area is 185 Å². The summed E-state index contributed by atoms with van der Waals surface area (Å²) in [6, 6.07) is 16.9. The van der Waals surface area contributed by atoms with Crippen LogP contribution in [0.3, 0.4) is 0 Å². The second-order valence-electron chi connectivity index (χ2n) is 8.49. The zero-order valence-electron chi connectivity index (χ0n) is 18.5. The molecule has 3 rings (SSSR count). The molecule has 2 N–H and O–H groups in total. The summed E-state index contributed by atoms with van der Waals surface area (Å²) in [6.45, 7) is 6.96. The third-order valence-electron chi connectivity index (χ3n) is 5.43. The number of hydrogen-bond acceptors (Lipinski definition) is 4. The van der Waals surface area contributed by atoms with Gasteiger partial charge in [-0.05, 0) is 61.6 Å². The lowest BCUT2D eigenvalue weighted by atomic mass is 10.0. The van der Waals surface area contributed by atoms with Crippen LogP contribution in [0.1, 0.15) is 43.5 Å². The Hall–Kier alpha value is -2.86. The summed E-state index contributed by atoms with van der Waals surface area (Å²) in [4.78, 5) is 26.9. The number of rotatable bonds is 9. The van der Waals surface area contributed by atoms with E-state index in [2.05, 4.69) is 29.4 Å². The molecular formula is C25H33N3O3. The van der Waals surface area contributed by atoms with E-state index in [0.29, 0.717) is 24.6 Å². The minimum absolute atomic E-state index is 0.00983. The molecule has 1 fully saturated rings. The van der Waals surface area contributed by atoms with Gasteiger partial charge in [0.2, 0.25) is 5.91 Å². The van der Waals surface area contributed by atoms with E-state index in [0.717, 1.165) is 43.8 Å². The van der Waals surface area contributed by atoms with Crippen molar-refractivity contribution in [3.63, 3.8) is 0 Å². The molecule has 2 aromatic rings. The smallest absolute Gasteiger partial charge is 0.251 e. The van der Waals surface area contributed by atoms with Crippen molar-refractivity contribution in [2.75, 3.05) is 31.6 Å². The van der Waals surface area contributed by atoms with Gasteiger partial charge in [0.15, 0.2) is 0 Å². The van der Waals surface area contributed by atoms with Crippen LogP contribution >= 0.6 is 0 Å². The first-order valence-electron chi connectivity index (χ1n) is 11.1. The first-order chi connectivity index (χ1) is 15.0. The van der Waals surface area contributed by atoms with Gasteiger partial charge in [0, 0.05) is 30.4 Å². The van der Waals surface area contributed by atoms with E-state index in [9.17, 15) is 9.59 Å². The average Bonchev–Trinajstić information content (AvgIpc) is 2.76. The number of likely N-dealkylation sites (tertiary alicyclic amines) is 1. The molecule has 1 heterocycles. The highest BCUT2D eigenvalue weighted by Crippen LogP contribution is 2.15. The van der Waals surface area contributed by atoms with Gasteiger partial charge in [-0.15, -0.1) is 0 Å². The number of hydrogen-bond donors (Lipinski definition) is 2. The zero-order valence-corrected chi connectivity index (χ0v) is 18.5. The van der Waals surface area contributed by atoms with Crippen LogP contribution in [-0.2, 0) is 4.79 Å². The molecule has 0 unspecified atom stereocenters. The van der Waals surface area contributed by atoms with Crippen molar-refractivity contribution in [3.05, 3.63) is 60.2 Å². The Bertz CT molecular complexity index is 829. The van der Waals surface area contributed by atoms with Gasteiger partial charge in [-0.1, -0.05) is 32.0 Å². The number of amides is 2. The number of nitrogens with one attached hydrogen (secondary N) is 2. The van der Waals surface area contributed by atoms with Crippen molar-refractivity contribution >= 4 is 17.5 Å². The maximum Gasteiger partial charge on any atom is 0.251 e. The summed E-state index contributed by atoms with van der Waals surface area (Å²) < 4.78 is 5.71. The predicted molar refractivity (Wildman–Crippen MR) is 123 cm³/mol. The number of carbonyl (C=O) groups is 2. The zero-order chi connectivity index (χ0) is 22.1. The van der Waals surface area contributed by atoms with E-state index in [1.165, 1.54) is 0 Å². The molecule has 0 radical (unpaired) electrons. The Morgan fingerprint density at radius 3 is 2.35 bits per heavy atom. The lowest BCUT2D eigenvalue weighted by molar-refractivity contribution is -0.117. The van der Waals surface area contributed by atoms with E-state index in [1.54, 1.807) is 0 Å². The van der Waals surface area contributed by atoms with Crippen molar-refractivity contribution in [2.45, 2.75) is 39.2 Å². The Kier molecular flexibility index (Phi) is 8.47. The van der Waals surface area contributed by atoms with Crippen molar-refractivity contribution in [3.8, 4) is 5.75 Å². The second-order valence-corrected chi connectivity index (χ2v) is 8.49. The number of benzene rings is 2. The van der Waals surface area contributed by atoms with Gasteiger partial charge in [-0.25, -0.2) is 0 Å². The molecule has 1 aliphatic rings. The molecule has 0 atom stereocenters. The van der Waals surface area contributed by atoms with Gasteiger partial charge in [-0.3, -0.25) is 14.5 Å². The highest BCUT2D eigenvalue weighted by molar-refractivity contribution is 5.94. The second kappa shape index (κ2) is 11.5. The fourth-order valence-corrected chi connectivity index (χ4v) is 3.54. The summed E-state index contributed by atoms with van der Waals surface area (Å²) in [7, 11) is 0. The van der Waals surface area contributed by atoms with Crippen molar-refractivity contribution in [1.82, 2.24) is 10.2 Å².